The highest BCUT2D eigenvalue weighted by molar-refractivity contribution is 6.74. The SMILES string of the molecule is C#CCCC#CC(CCC#CCC/C=C\C)(CCC=C)O[Si](C)(C)C(C)(C)C. The Bertz CT molecular complexity index is 649. The number of hydrogen-bond donors (Lipinski definition) is 0. The number of allylic oxidation sites excluding steroid dienone is 3. The van der Waals surface area contributed by atoms with E-state index in [4.69, 9.17) is 10.8 Å². The number of hydrogen-bond acceptors (Lipinski definition) is 1. The predicted octanol–water partition coefficient (Wildman–Crippen LogP) is 7.27. The van der Waals surface area contributed by atoms with E-state index < -0.39 is 13.9 Å². The van der Waals surface area contributed by atoms with Gasteiger partial charge >= 0.3 is 0 Å². The first-order valence-corrected chi connectivity index (χ1v) is 13.4. The Morgan fingerprint density at radius 2 is 1.64 bits per heavy atom. The summed E-state index contributed by atoms with van der Waals surface area (Å²) < 4.78 is 6.90. The van der Waals surface area contributed by atoms with Gasteiger partial charge in [-0.3, -0.25) is 0 Å². The van der Waals surface area contributed by atoms with Gasteiger partial charge in [0.05, 0.1) is 0 Å². The maximum Gasteiger partial charge on any atom is 0.194 e. The molecule has 2 heteroatoms. The molecule has 28 heavy (non-hydrogen) atoms. The molecule has 154 valence electrons. The molecule has 0 heterocycles. The summed E-state index contributed by atoms with van der Waals surface area (Å²) in [5.74, 6) is 16.0. The smallest absolute Gasteiger partial charge is 0.194 e. The van der Waals surface area contributed by atoms with E-state index >= 15 is 0 Å². The lowest BCUT2D eigenvalue weighted by molar-refractivity contribution is 0.0955. The standard InChI is InChI=1S/C26H40OSi/c1-9-12-15-17-18-19-21-24-26(22-14-11-3,23-20-16-13-10-2)27-28(7,8)25(4,5)6/h2,9,11-12H,3,13-17,21-22,24H2,1,4-8H3/b12-9-. The fourth-order valence-electron chi connectivity index (χ4n) is 2.48. The topological polar surface area (TPSA) is 9.23 Å². The molecule has 0 aliphatic rings. The predicted molar refractivity (Wildman–Crippen MR) is 127 cm³/mol. The Morgan fingerprint density at radius 3 is 2.21 bits per heavy atom. The minimum atomic E-state index is -1.98. The van der Waals surface area contributed by atoms with Crippen LogP contribution in [0.15, 0.2) is 24.8 Å². The van der Waals surface area contributed by atoms with E-state index in [1.807, 2.05) is 13.0 Å². The van der Waals surface area contributed by atoms with Crippen LogP contribution in [0.1, 0.15) is 79.1 Å². The van der Waals surface area contributed by atoms with Gasteiger partial charge in [0.25, 0.3) is 0 Å². The van der Waals surface area contributed by atoms with E-state index in [2.05, 4.69) is 82.2 Å². The second-order valence-corrected chi connectivity index (χ2v) is 13.4. The molecule has 0 aliphatic carbocycles. The summed E-state index contributed by atoms with van der Waals surface area (Å²) >= 11 is 0. The van der Waals surface area contributed by atoms with Crippen molar-refractivity contribution in [3.8, 4) is 36.0 Å². The minimum Gasteiger partial charge on any atom is -0.401 e. The molecule has 0 bridgehead atoms. The first-order chi connectivity index (χ1) is 13.1. The summed E-state index contributed by atoms with van der Waals surface area (Å²) in [4.78, 5) is 0. The van der Waals surface area contributed by atoms with Crippen molar-refractivity contribution >= 4 is 8.32 Å². The van der Waals surface area contributed by atoms with Crippen LogP contribution < -0.4 is 0 Å². The Kier molecular flexibility index (Phi) is 12.7. The molecule has 0 rings (SSSR count). The van der Waals surface area contributed by atoms with E-state index in [0.29, 0.717) is 12.8 Å². The maximum absolute atomic E-state index is 6.90. The molecule has 1 nitrogen and oxygen atoms in total. The summed E-state index contributed by atoms with van der Waals surface area (Å²) in [5, 5.41) is 0.130. The van der Waals surface area contributed by atoms with Gasteiger partial charge in [0, 0.05) is 25.7 Å². The second-order valence-electron chi connectivity index (χ2n) is 8.65. The van der Waals surface area contributed by atoms with Gasteiger partial charge < -0.3 is 4.43 Å². The van der Waals surface area contributed by atoms with E-state index in [1.54, 1.807) is 0 Å². The van der Waals surface area contributed by atoms with Gasteiger partial charge in [0.1, 0.15) is 5.60 Å². The van der Waals surface area contributed by atoms with E-state index in [9.17, 15) is 0 Å². The molecular weight excluding hydrogens is 356 g/mol. The lowest BCUT2D eigenvalue weighted by Gasteiger charge is -2.43. The fourth-order valence-corrected chi connectivity index (χ4v) is 4.01. The van der Waals surface area contributed by atoms with Gasteiger partial charge in [-0.2, -0.15) is 0 Å². The molecule has 1 atom stereocenters. The minimum absolute atomic E-state index is 0.130. The first kappa shape index (κ1) is 26.3. The first-order valence-electron chi connectivity index (χ1n) is 10.5. The molecule has 0 fully saturated rings. The van der Waals surface area contributed by atoms with Crippen molar-refractivity contribution in [2.45, 2.75) is 103 Å². The number of unbranched alkanes of at least 4 members (excludes halogenated alkanes) is 2. The molecule has 0 N–H and O–H groups in total. The summed E-state index contributed by atoms with van der Waals surface area (Å²) in [6.07, 6.45) is 18.2. The Labute approximate surface area is 176 Å². The average molecular weight is 397 g/mol. The van der Waals surface area contributed by atoms with Crippen LogP contribution in [0.2, 0.25) is 18.1 Å². The molecule has 0 radical (unpaired) electrons. The summed E-state index contributed by atoms with van der Waals surface area (Å²) in [6.45, 7) is 17.3. The van der Waals surface area contributed by atoms with Crippen molar-refractivity contribution in [2.24, 2.45) is 0 Å². The lowest BCUT2D eigenvalue weighted by Crippen LogP contribution is -2.49. The molecule has 0 spiro atoms. The third-order valence-corrected chi connectivity index (χ3v) is 9.68. The van der Waals surface area contributed by atoms with Gasteiger partial charge in [-0.25, -0.2) is 0 Å². The van der Waals surface area contributed by atoms with Crippen LogP contribution in [-0.4, -0.2) is 13.9 Å². The molecule has 0 saturated carbocycles. The normalized spacial score (nSPS) is 13.6. The molecule has 0 aromatic rings. The highest BCUT2D eigenvalue weighted by atomic mass is 28.4. The van der Waals surface area contributed by atoms with Gasteiger partial charge in [-0.1, -0.05) is 50.8 Å². The van der Waals surface area contributed by atoms with Gasteiger partial charge in [0.15, 0.2) is 8.32 Å². The molecule has 0 aliphatic heterocycles. The summed E-state index contributed by atoms with van der Waals surface area (Å²) in [6, 6.07) is 0. The van der Waals surface area contributed by atoms with Crippen LogP contribution in [0, 0.1) is 36.0 Å². The Balaban J connectivity index is 5.54. The van der Waals surface area contributed by atoms with Crippen molar-refractivity contribution in [1.29, 1.82) is 0 Å². The average Bonchev–Trinajstić information content (AvgIpc) is 2.61. The lowest BCUT2D eigenvalue weighted by atomic mass is 9.92. The summed E-state index contributed by atoms with van der Waals surface area (Å²) in [5.41, 5.74) is -0.468. The van der Waals surface area contributed by atoms with Crippen LogP contribution in [0.4, 0.5) is 0 Å². The van der Waals surface area contributed by atoms with Crippen LogP contribution >= 0.6 is 0 Å². The van der Waals surface area contributed by atoms with E-state index in [1.165, 1.54) is 0 Å². The molecule has 0 amide bonds. The van der Waals surface area contributed by atoms with E-state index in [0.717, 1.165) is 38.5 Å². The van der Waals surface area contributed by atoms with Gasteiger partial charge in [0.2, 0.25) is 0 Å². The monoisotopic (exact) mass is 396 g/mol. The van der Waals surface area contributed by atoms with Crippen molar-refractivity contribution in [2.75, 3.05) is 0 Å². The van der Waals surface area contributed by atoms with Crippen molar-refractivity contribution in [3.63, 3.8) is 0 Å². The van der Waals surface area contributed by atoms with Crippen molar-refractivity contribution < 1.29 is 4.43 Å². The van der Waals surface area contributed by atoms with E-state index in [-0.39, 0.29) is 5.04 Å². The second kappa shape index (κ2) is 13.5. The van der Waals surface area contributed by atoms with Crippen LogP contribution in [-0.2, 0) is 4.43 Å². The van der Waals surface area contributed by atoms with Crippen LogP contribution in [0.25, 0.3) is 0 Å². The molecule has 0 saturated heterocycles. The number of terminal acetylenes is 1. The third kappa shape index (κ3) is 10.6. The zero-order valence-electron chi connectivity index (χ0n) is 19.1. The molecule has 0 aromatic carbocycles. The molecule has 1 unspecified atom stereocenters. The highest BCUT2D eigenvalue weighted by Gasteiger charge is 2.43. The largest absolute Gasteiger partial charge is 0.401 e. The van der Waals surface area contributed by atoms with Gasteiger partial charge in [-0.15, -0.1) is 30.8 Å². The Hall–Kier alpha value is -1.66. The zero-order chi connectivity index (χ0) is 21.5. The molecule has 0 aromatic heterocycles. The highest BCUT2D eigenvalue weighted by Crippen LogP contribution is 2.41. The van der Waals surface area contributed by atoms with Crippen LogP contribution in [0.3, 0.4) is 0 Å². The van der Waals surface area contributed by atoms with Crippen molar-refractivity contribution in [1.82, 2.24) is 0 Å². The maximum atomic E-state index is 6.90. The quantitative estimate of drug-likeness (QED) is 0.163. The molecular formula is C26H40OSi. The van der Waals surface area contributed by atoms with Gasteiger partial charge in [-0.05, 0) is 50.7 Å². The zero-order valence-corrected chi connectivity index (χ0v) is 20.1. The van der Waals surface area contributed by atoms with Crippen molar-refractivity contribution in [3.05, 3.63) is 24.8 Å². The Morgan fingerprint density at radius 1 is 0.964 bits per heavy atom. The van der Waals surface area contributed by atoms with Crippen LogP contribution in [0.5, 0.6) is 0 Å². The fraction of sp³-hybridized carbons (Fsp3) is 0.615. The number of rotatable bonds is 10. The summed E-state index contributed by atoms with van der Waals surface area (Å²) in [7, 11) is -1.98. The third-order valence-electron chi connectivity index (χ3n) is 5.17.